The number of anilines is 1. The Morgan fingerprint density at radius 1 is 1.54 bits per heavy atom. The van der Waals surface area contributed by atoms with Crippen LogP contribution in [0.15, 0.2) is 16.7 Å². The van der Waals surface area contributed by atoms with Gasteiger partial charge in [-0.2, -0.15) is 0 Å². The highest BCUT2D eigenvalue weighted by Crippen LogP contribution is 2.19. The Balaban J connectivity index is 2.94. The van der Waals surface area contributed by atoms with E-state index in [2.05, 4.69) is 53.1 Å². The Labute approximate surface area is 87.9 Å². The standard InChI is InChI=1S/C10H15BrN2/c1-4-9-10(13-7(2)3)5-8(11)6-12-9/h5-7,13H,4H2,1-3H3. The van der Waals surface area contributed by atoms with Gasteiger partial charge in [0.2, 0.25) is 0 Å². The molecular formula is C10H15BrN2. The summed E-state index contributed by atoms with van der Waals surface area (Å²) in [6, 6.07) is 2.52. The minimum absolute atomic E-state index is 0.446. The third-order valence-corrected chi connectivity index (χ3v) is 2.15. The van der Waals surface area contributed by atoms with Crippen molar-refractivity contribution in [2.75, 3.05) is 5.32 Å². The zero-order chi connectivity index (χ0) is 9.84. The molecule has 0 aromatic carbocycles. The second-order valence-electron chi connectivity index (χ2n) is 3.30. The van der Waals surface area contributed by atoms with Crippen molar-refractivity contribution in [3.63, 3.8) is 0 Å². The van der Waals surface area contributed by atoms with Gasteiger partial charge in [0, 0.05) is 16.7 Å². The van der Waals surface area contributed by atoms with Gasteiger partial charge in [-0.1, -0.05) is 6.92 Å². The molecule has 72 valence electrons. The normalized spacial score (nSPS) is 10.5. The molecule has 2 nitrogen and oxygen atoms in total. The summed E-state index contributed by atoms with van der Waals surface area (Å²) in [5.41, 5.74) is 2.25. The predicted octanol–water partition coefficient (Wildman–Crippen LogP) is 3.23. The van der Waals surface area contributed by atoms with Crippen LogP contribution in [0, 0.1) is 0 Å². The van der Waals surface area contributed by atoms with E-state index in [1.807, 2.05) is 6.20 Å². The summed E-state index contributed by atoms with van der Waals surface area (Å²) in [4.78, 5) is 4.34. The van der Waals surface area contributed by atoms with Gasteiger partial charge in [-0.25, -0.2) is 0 Å². The maximum atomic E-state index is 4.34. The van der Waals surface area contributed by atoms with Gasteiger partial charge in [0.05, 0.1) is 11.4 Å². The van der Waals surface area contributed by atoms with Crippen molar-refractivity contribution in [2.45, 2.75) is 33.2 Å². The van der Waals surface area contributed by atoms with Crippen LogP contribution in [0.25, 0.3) is 0 Å². The van der Waals surface area contributed by atoms with Gasteiger partial charge in [-0.05, 0) is 42.3 Å². The predicted molar refractivity (Wildman–Crippen MR) is 60.1 cm³/mol. The van der Waals surface area contributed by atoms with Crippen LogP contribution in [0.2, 0.25) is 0 Å². The molecule has 0 radical (unpaired) electrons. The minimum atomic E-state index is 0.446. The molecule has 0 saturated carbocycles. The van der Waals surface area contributed by atoms with Gasteiger partial charge in [0.15, 0.2) is 0 Å². The van der Waals surface area contributed by atoms with Crippen LogP contribution in [0.1, 0.15) is 26.5 Å². The number of pyridine rings is 1. The largest absolute Gasteiger partial charge is 0.381 e. The Hall–Kier alpha value is -0.570. The van der Waals surface area contributed by atoms with E-state index in [-0.39, 0.29) is 0 Å². The lowest BCUT2D eigenvalue weighted by Gasteiger charge is -2.13. The third kappa shape index (κ3) is 2.99. The summed E-state index contributed by atoms with van der Waals surface area (Å²) >= 11 is 3.41. The number of nitrogens with zero attached hydrogens (tertiary/aromatic N) is 1. The average Bonchev–Trinajstić information content (AvgIpc) is 2.03. The zero-order valence-corrected chi connectivity index (χ0v) is 9.85. The summed E-state index contributed by atoms with van der Waals surface area (Å²) < 4.78 is 1.02. The number of hydrogen-bond donors (Lipinski definition) is 1. The number of hydrogen-bond acceptors (Lipinski definition) is 2. The first-order valence-corrected chi connectivity index (χ1v) is 5.33. The van der Waals surface area contributed by atoms with Crippen molar-refractivity contribution < 1.29 is 0 Å². The molecule has 1 heterocycles. The second kappa shape index (κ2) is 4.61. The summed E-state index contributed by atoms with van der Waals surface area (Å²) in [6.45, 7) is 6.36. The summed E-state index contributed by atoms with van der Waals surface area (Å²) in [5.74, 6) is 0. The summed E-state index contributed by atoms with van der Waals surface area (Å²) in [5, 5.41) is 3.37. The fourth-order valence-electron chi connectivity index (χ4n) is 1.19. The number of nitrogens with one attached hydrogen (secondary N) is 1. The first kappa shape index (κ1) is 10.5. The maximum absolute atomic E-state index is 4.34. The Kier molecular flexibility index (Phi) is 3.72. The van der Waals surface area contributed by atoms with Crippen LogP contribution in [0.5, 0.6) is 0 Å². The van der Waals surface area contributed by atoms with Crippen molar-refractivity contribution in [1.82, 2.24) is 4.98 Å². The van der Waals surface area contributed by atoms with E-state index in [0.29, 0.717) is 6.04 Å². The summed E-state index contributed by atoms with van der Waals surface area (Å²) in [7, 11) is 0. The first-order valence-electron chi connectivity index (χ1n) is 4.54. The molecule has 0 aliphatic rings. The molecule has 0 fully saturated rings. The molecule has 1 aromatic heterocycles. The molecule has 1 N–H and O–H groups in total. The van der Waals surface area contributed by atoms with Crippen LogP contribution in [0.3, 0.4) is 0 Å². The van der Waals surface area contributed by atoms with Crippen LogP contribution >= 0.6 is 15.9 Å². The number of aryl methyl sites for hydroxylation is 1. The Morgan fingerprint density at radius 2 is 2.23 bits per heavy atom. The van der Waals surface area contributed by atoms with E-state index in [9.17, 15) is 0 Å². The fourth-order valence-corrected chi connectivity index (χ4v) is 1.52. The average molecular weight is 243 g/mol. The topological polar surface area (TPSA) is 24.9 Å². The molecule has 0 unspecified atom stereocenters. The van der Waals surface area contributed by atoms with Crippen LogP contribution in [-0.4, -0.2) is 11.0 Å². The smallest absolute Gasteiger partial charge is 0.0632 e. The van der Waals surface area contributed by atoms with Crippen molar-refractivity contribution in [2.24, 2.45) is 0 Å². The highest BCUT2D eigenvalue weighted by Gasteiger charge is 2.03. The minimum Gasteiger partial charge on any atom is -0.381 e. The molecule has 0 saturated heterocycles. The molecule has 13 heavy (non-hydrogen) atoms. The highest BCUT2D eigenvalue weighted by atomic mass is 79.9. The fraction of sp³-hybridized carbons (Fsp3) is 0.500. The van der Waals surface area contributed by atoms with Gasteiger partial charge in [0.1, 0.15) is 0 Å². The molecule has 0 aliphatic carbocycles. The van der Waals surface area contributed by atoms with Crippen molar-refractivity contribution >= 4 is 21.6 Å². The van der Waals surface area contributed by atoms with E-state index in [4.69, 9.17) is 0 Å². The van der Waals surface area contributed by atoms with Gasteiger partial charge < -0.3 is 5.32 Å². The maximum Gasteiger partial charge on any atom is 0.0632 e. The SMILES string of the molecule is CCc1ncc(Br)cc1NC(C)C. The summed E-state index contributed by atoms with van der Waals surface area (Å²) in [6.07, 6.45) is 2.80. The van der Waals surface area contributed by atoms with E-state index >= 15 is 0 Å². The van der Waals surface area contributed by atoms with Crippen molar-refractivity contribution in [3.05, 3.63) is 22.4 Å². The number of halogens is 1. The van der Waals surface area contributed by atoms with E-state index in [0.717, 1.165) is 22.3 Å². The lowest BCUT2D eigenvalue weighted by molar-refractivity contribution is 0.886. The van der Waals surface area contributed by atoms with Gasteiger partial charge >= 0.3 is 0 Å². The van der Waals surface area contributed by atoms with Crippen LogP contribution in [-0.2, 0) is 6.42 Å². The first-order chi connectivity index (χ1) is 6.13. The number of rotatable bonds is 3. The third-order valence-electron chi connectivity index (χ3n) is 1.72. The molecule has 1 rings (SSSR count). The molecule has 1 aromatic rings. The molecular weight excluding hydrogens is 228 g/mol. The van der Waals surface area contributed by atoms with Gasteiger partial charge in [-0.3, -0.25) is 4.98 Å². The Bertz CT molecular complexity index is 284. The monoisotopic (exact) mass is 242 g/mol. The Morgan fingerprint density at radius 3 is 2.77 bits per heavy atom. The van der Waals surface area contributed by atoms with E-state index in [1.54, 1.807) is 0 Å². The molecule has 0 atom stereocenters. The lowest BCUT2D eigenvalue weighted by atomic mass is 10.2. The van der Waals surface area contributed by atoms with E-state index < -0.39 is 0 Å². The molecule has 0 bridgehead atoms. The van der Waals surface area contributed by atoms with Crippen LogP contribution < -0.4 is 5.32 Å². The quantitative estimate of drug-likeness (QED) is 0.881. The van der Waals surface area contributed by atoms with Gasteiger partial charge in [-0.15, -0.1) is 0 Å². The van der Waals surface area contributed by atoms with Crippen LogP contribution in [0.4, 0.5) is 5.69 Å². The van der Waals surface area contributed by atoms with Crippen molar-refractivity contribution in [3.8, 4) is 0 Å². The molecule has 3 heteroatoms. The van der Waals surface area contributed by atoms with Gasteiger partial charge in [0.25, 0.3) is 0 Å². The molecule has 0 amide bonds. The number of aromatic nitrogens is 1. The molecule has 0 spiro atoms. The zero-order valence-electron chi connectivity index (χ0n) is 8.26. The van der Waals surface area contributed by atoms with E-state index in [1.165, 1.54) is 0 Å². The molecule has 0 aliphatic heterocycles. The lowest BCUT2D eigenvalue weighted by Crippen LogP contribution is -2.12. The highest BCUT2D eigenvalue weighted by molar-refractivity contribution is 9.10. The van der Waals surface area contributed by atoms with Crippen molar-refractivity contribution in [1.29, 1.82) is 0 Å². The second-order valence-corrected chi connectivity index (χ2v) is 4.22.